The van der Waals surface area contributed by atoms with Crippen molar-refractivity contribution in [2.24, 2.45) is 10.7 Å². The van der Waals surface area contributed by atoms with E-state index in [4.69, 9.17) is 5.73 Å². The molecule has 2 heterocycles. The number of benzene rings is 1. The molecule has 1 aliphatic rings. The molecular formula is C14H13Br2N3S. The lowest BCUT2D eigenvalue weighted by atomic mass is 10.2. The lowest BCUT2D eigenvalue weighted by molar-refractivity contribution is 0.783. The minimum atomic E-state index is 0.170. The van der Waals surface area contributed by atoms with Crippen molar-refractivity contribution in [3.05, 3.63) is 49.0 Å². The maximum absolute atomic E-state index is 6.10. The van der Waals surface area contributed by atoms with Crippen LogP contribution >= 0.6 is 43.2 Å². The van der Waals surface area contributed by atoms with Crippen LogP contribution in [0.4, 0.5) is 5.69 Å². The van der Waals surface area contributed by atoms with Crippen LogP contribution in [0.5, 0.6) is 0 Å². The number of nitrogens with two attached hydrogens (primary N) is 1. The molecule has 2 N–H and O–H groups in total. The average molecular weight is 415 g/mol. The molecule has 0 amide bonds. The summed E-state index contributed by atoms with van der Waals surface area (Å²) in [4.78, 5) is 9.07. The predicted molar refractivity (Wildman–Crippen MR) is 92.6 cm³/mol. The molecule has 20 heavy (non-hydrogen) atoms. The third-order valence-electron chi connectivity index (χ3n) is 3.30. The fourth-order valence-electron chi connectivity index (χ4n) is 2.30. The first-order valence-corrected chi connectivity index (χ1v) is 8.57. The summed E-state index contributed by atoms with van der Waals surface area (Å²) in [6.07, 6.45) is 0. The number of halogens is 2. The number of rotatable bonds is 2. The number of guanidine groups is 1. The largest absolute Gasteiger partial charge is 0.369 e. The van der Waals surface area contributed by atoms with E-state index in [1.807, 2.05) is 18.2 Å². The van der Waals surface area contributed by atoms with Crippen molar-refractivity contribution in [1.29, 1.82) is 0 Å². The van der Waals surface area contributed by atoms with Gasteiger partial charge in [0, 0.05) is 18.7 Å². The first-order valence-electron chi connectivity index (χ1n) is 6.17. The van der Waals surface area contributed by atoms with E-state index >= 15 is 0 Å². The van der Waals surface area contributed by atoms with E-state index in [9.17, 15) is 0 Å². The van der Waals surface area contributed by atoms with Gasteiger partial charge in [0.15, 0.2) is 5.96 Å². The van der Waals surface area contributed by atoms with Crippen molar-refractivity contribution in [3.63, 3.8) is 0 Å². The van der Waals surface area contributed by atoms with Gasteiger partial charge in [-0.3, -0.25) is 4.99 Å². The van der Waals surface area contributed by atoms with Crippen LogP contribution in [-0.2, 0) is 0 Å². The topological polar surface area (TPSA) is 41.6 Å². The number of thiophene rings is 1. The Hall–Kier alpha value is -0.850. The summed E-state index contributed by atoms with van der Waals surface area (Å²) in [7, 11) is 0. The van der Waals surface area contributed by atoms with Gasteiger partial charge in [0.05, 0.1) is 18.3 Å². The van der Waals surface area contributed by atoms with Gasteiger partial charge in [0.2, 0.25) is 0 Å². The predicted octanol–water partition coefficient (Wildman–Crippen LogP) is 4.46. The number of nitrogens with zero attached hydrogens (tertiary/aromatic N) is 2. The summed E-state index contributed by atoms with van der Waals surface area (Å²) < 4.78 is 2.17. The Morgan fingerprint density at radius 1 is 1.30 bits per heavy atom. The summed E-state index contributed by atoms with van der Waals surface area (Å²) >= 11 is 8.96. The van der Waals surface area contributed by atoms with Crippen LogP contribution in [0.15, 0.2) is 44.3 Å². The zero-order valence-electron chi connectivity index (χ0n) is 10.8. The Morgan fingerprint density at radius 3 is 2.70 bits per heavy atom. The second-order valence-electron chi connectivity index (χ2n) is 4.59. The van der Waals surface area contributed by atoms with Crippen molar-refractivity contribution in [2.75, 3.05) is 11.4 Å². The van der Waals surface area contributed by atoms with Gasteiger partial charge in [-0.1, -0.05) is 12.1 Å². The van der Waals surface area contributed by atoms with Gasteiger partial charge in [-0.15, -0.1) is 11.3 Å². The smallest absolute Gasteiger partial charge is 0.196 e. The number of aliphatic imine (C=N–C) groups is 1. The molecule has 0 saturated carbocycles. The van der Waals surface area contributed by atoms with Crippen molar-refractivity contribution in [3.8, 4) is 0 Å². The summed E-state index contributed by atoms with van der Waals surface area (Å²) in [5.74, 6) is 0.573. The van der Waals surface area contributed by atoms with E-state index < -0.39 is 0 Å². The first kappa shape index (κ1) is 14.1. The second-order valence-corrected chi connectivity index (χ2v) is 7.59. The number of hydrogen-bond donors (Lipinski definition) is 1. The van der Waals surface area contributed by atoms with Gasteiger partial charge in [-0.05, 0) is 57.0 Å². The van der Waals surface area contributed by atoms with Crippen molar-refractivity contribution >= 4 is 54.8 Å². The van der Waals surface area contributed by atoms with Gasteiger partial charge in [-0.2, -0.15) is 0 Å². The number of anilines is 1. The average Bonchev–Trinajstić information content (AvgIpc) is 2.94. The molecule has 0 saturated heterocycles. The molecule has 3 rings (SSSR count). The standard InChI is InChI=1S/C14H13Br2N3S/c1-8-10(16)6-13(20-8)12-7-18-14(17)19(12)11-5-3-2-4-9(11)15/h2-6,12H,7H2,1H3,(H2,17,18). The number of hydrogen-bond acceptors (Lipinski definition) is 4. The molecule has 1 atom stereocenters. The molecular weight excluding hydrogens is 402 g/mol. The maximum atomic E-state index is 6.10. The molecule has 2 aromatic rings. The summed E-state index contributed by atoms with van der Waals surface area (Å²) in [6, 6.07) is 10.4. The summed E-state index contributed by atoms with van der Waals surface area (Å²) in [6.45, 7) is 2.81. The molecule has 0 spiro atoms. The fraction of sp³-hybridized carbons (Fsp3) is 0.214. The highest BCUT2D eigenvalue weighted by Crippen LogP contribution is 2.39. The normalized spacial score (nSPS) is 18.4. The summed E-state index contributed by atoms with van der Waals surface area (Å²) in [5, 5.41) is 0. The molecule has 1 unspecified atom stereocenters. The minimum absolute atomic E-state index is 0.170. The fourth-order valence-corrected chi connectivity index (χ4v) is 4.42. The van der Waals surface area contributed by atoms with Gasteiger partial charge in [-0.25, -0.2) is 0 Å². The van der Waals surface area contributed by atoms with Gasteiger partial charge in [0.1, 0.15) is 0 Å². The third-order valence-corrected chi connectivity index (χ3v) is 6.21. The molecule has 0 fully saturated rings. The SMILES string of the molecule is Cc1sc(C2CN=C(N)N2c2ccccc2Br)cc1Br. The van der Waals surface area contributed by atoms with Crippen LogP contribution in [0.3, 0.4) is 0 Å². The van der Waals surface area contributed by atoms with Crippen LogP contribution in [0.2, 0.25) is 0 Å². The zero-order valence-corrected chi connectivity index (χ0v) is 14.8. The van der Waals surface area contributed by atoms with Gasteiger partial charge in [0.25, 0.3) is 0 Å². The number of para-hydroxylation sites is 1. The van der Waals surface area contributed by atoms with Crippen LogP contribution in [0.25, 0.3) is 0 Å². The Labute approximate surface area is 138 Å². The Bertz CT molecular complexity index is 661. The van der Waals surface area contributed by atoms with Crippen molar-refractivity contribution < 1.29 is 0 Å². The molecule has 1 aromatic heterocycles. The van der Waals surface area contributed by atoms with E-state index in [1.165, 1.54) is 9.75 Å². The molecule has 0 aliphatic carbocycles. The molecule has 1 aromatic carbocycles. The molecule has 0 radical (unpaired) electrons. The monoisotopic (exact) mass is 413 g/mol. The quantitative estimate of drug-likeness (QED) is 0.788. The third kappa shape index (κ3) is 2.40. The Morgan fingerprint density at radius 2 is 2.05 bits per heavy atom. The van der Waals surface area contributed by atoms with E-state index in [2.05, 4.69) is 60.8 Å². The van der Waals surface area contributed by atoms with Crippen LogP contribution < -0.4 is 10.6 Å². The molecule has 3 nitrogen and oxygen atoms in total. The molecule has 0 bridgehead atoms. The Balaban J connectivity index is 2.03. The van der Waals surface area contributed by atoms with E-state index in [0.29, 0.717) is 12.5 Å². The highest BCUT2D eigenvalue weighted by Gasteiger charge is 2.31. The van der Waals surface area contributed by atoms with Crippen LogP contribution in [0, 0.1) is 6.92 Å². The molecule has 104 valence electrons. The second kappa shape index (κ2) is 5.50. The minimum Gasteiger partial charge on any atom is -0.369 e. The van der Waals surface area contributed by atoms with Gasteiger partial charge < -0.3 is 10.6 Å². The lowest BCUT2D eigenvalue weighted by Gasteiger charge is -2.26. The lowest BCUT2D eigenvalue weighted by Crippen LogP contribution is -2.36. The maximum Gasteiger partial charge on any atom is 0.196 e. The first-order chi connectivity index (χ1) is 9.58. The highest BCUT2D eigenvalue weighted by atomic mass is 79.9. The van der Waals surface area contributed by atoms with Crippen molar-refractivity contribution in [2.45, 2.75) is 13.0 Å². The Kier molecular flexibility index (Phi) is 3.88. The molecule has 1 aliphatic heterocycles. The van der Waals surface area contributed by atoms with E-state index in [1.54, 1.807) is 11.3 Å². The van der Waals surface area contributed by atoms with Gasteiger partial charge >= 0.3 is 0 Å². The highest BCUT2D eigenvalue weighted by molar-refractivity contribution is 9.11. The summed E-state index contributed by atoms with van der Waals surface area (Å²) in [5.41, 5.74) is 7.15. The zero-order chi connectivity index (χ0) is 14.3. The number of aryl methyl sites for hydroxylation is 1. The van der Waals surface area contributed by atoms with Crippen LogP contribution in [-0.4, -0.2) is 12.5 Å². The van der Waals surface area contributed by atoms with E-state index in [-0.39, 0.29) is 6.04 Å². The van der Waals surface area contributed by atoms with Crippen molar-refractivity contribution in [1.82, 2.24) is 0 Å². The molecule has 6 heteroatoms. The van der Waals surface area contributed by atoms with E-state index in [0.717, 1.165) is 14.6 Å². The van der Waals surface area contributed by atoms with Crippen LogP contribution in [0.1, 0.15) is 15.8 Å².